The predicted molar refractivity (Wildman–Crippen MR) is 80.9 cm³/mol. The summed E-state index contributed by atoms with van der Waals surface area (Å²) in [5.74, 6) is 0. The lowest BCUT2D eigenvalue weighted by atomic mass is 10.1. The fraction of sp³-hybridized carbons (Fsp3) is 0.400. The van der Waals surface area contributed by atoms with Crippen molar-refractivity contribution < 1.29 is 0 Å². The molecule has 2 aromatic rings. The number of anilines is 1. The van der Waals surface area contributed by atoms with Crippen LogP contribution in [0.3, 0.4) is 0 Å². The first-order valence-electron chi connectivity index (χ1n) is 6.79. The van der Waals surface area contributed by atoms with Crippen molar-refractivity contribution in [2.45, 2.75) is 26.3 Å². The maximum absolute atomic E-state index is 4.47. The molecule has 0 saturated carbocycles. The number of hydrogen-bond donors (Lipinski definition) is 2. The molecule has 19 heavy (non-hydrogen) atoms. The Hall–Kier alpha value is -1.39. The van der Waals surface area contributed by atoms with Gasteiger partial charge in [0, 0.05) is 42.8 Å². The van der Waals surface area contributed by atoms with Gasteiger partial charge in [-0.05, 0) is 30.5 Å². The predicted octanol–water partition coefficient (Wildman–Crippen LogP) is 2.75. The second kappa shape index (κ2) is 5.72. The first-order valence-corrected chi connectivity index (χ1v) is 7.66. The Labute approximate surface area is 118 Å². The molecule has 2 N–H and O–H groups in total. The number of nitrogens with zero attached hydrogens (tertiary/aromatic N) is 1. The van der Waals surface area contributed by atoms with E-state index in [0.29, 0.717) is 0 Å². The lowest BCUT2D eigenvalue weighted by Gasteiger charge is -2.06. The third kappa shape index (κ3) is 3.14. The van der Waals surface area contributed by atoms with E-state index in [0.717, 1.165) is 38.2 Å². The van der Waals surface area contributed by atoms with Crippen LogP contribution in [-0.2, 0) is 19.4 Å². The van der Waals surface area contributed by atoms with E-state index in [9.17, 15) is 0 Å². The topological polar surface area (TPSA) is 37.0 Å². The van der Waals surface area contributed by atoms with E-state index >= 15 is 0 Å². The van der Waals surface area contributed by atoms with Gasteiger partial charge < -0.3 is 10.6 Å². The molecule has 1 aromatic heterocycles. The molecule has 2 heterocycles. The number of aromatic nitrogens is 1. The smallest absolute Gasteiger partial charge is 0.0940 e. The lowest BCUT2D eigenvalue weighted by Crippen LogP contribution is -2.16. The van der Waals surface area contributed by atoms with Crippen LogP contribution in [-0.4, -0.2) is 18.1 Å². The van der Waals surface area contributed by atoms with Gasteiger partial charge in [-0.15, -0.1) is 11.3 Å². The van der Waals surface area contributed by atoms with Crippen molar-refractivity contribution >= 4 is 17.0 Å². The van der Waals surface area contributed by atoms with Gasteiger partial charge in [-0.3, -0.25) is 0 Å². The number of hydrogen-bond acceptors (Lipinski definition) is 4. The van der Waals surface area contributed by atoms with Crippen LogP contribution in [0.15, 0.2) is 23.6 Å². The Balaban J connectivity index is 1.47. The second-order valence-electron chi connectivity index (χ2n) is 4.98. The molecule has 0 atom stereocenters. The number of rotatable bonds is 5. The Bertz CT molecular complexity index is 562. The summed E-state index contributed by atoms with van der Waals surface area (Å²) < 4.78 is 0. The van der Waals surface area contributed by atoms with Crippen LogP contribution >= 0.6 is 11.3 Å². The summed E-state index contributed by atoms with van der Waals surface area (Å²) in [6.07, 6.45) is 2.17. The zero-order valence-corrected chi connectivity index (χ0v) is 12.0. The molecule has 100 valence electrons. The first kappa shape index (κ1) is 12.6. The van der Waals surface area contributed by atoms with Crippen LogP contribution < -0.4 is 10.6 Å². The van der Waals surface area contributed by atoms with E-state index in [1.807, 2.05) is 6.92 Å². The Morgan fingerprint density at radius 2 is 2.37 bits per heavy atom. The minimum absolute atomic E-state index is 0.942. The third-order valence-electron chi connectivity index (χ3n) is 3.39. The quantitative estimate of drug-likeness (QED) is 0.823. The van der Waals surface area contributed by atoms with Gasteiger partial charge in [0.2, 0.25) is 0 Å². The fourth-order valence-corrected chi connectivity index (χ4v) is 3.19. The normalized spacial score (nSPS) is 13.3. The van der Waals surface area contributed by atoms with Gasteiger partial charge >= 0.3 is 0 Å². The summed E-state index contributed by atoms with van der Waals surface area (Å²) in [5, 5.41) is 10.2. The lowest BCUT2D eigenvalue weighted by molar-refractivity contribution is 0.684. The third-order valence-corrected chi connectivity index (χ3v) is 4.42. The molecule has 4 heteroatoms. The summed E-state index contributed by atoms with van der Waals surface area (Å²) in [5.41, 5.74) is 5.26. The molecule has 0 saturated heterocycles. The maximum atomic E-state index is 4.47. The molecular formula is C15H19N3S. The van der Waals surface area contributed by atoms with Gasteiger partial charge in [0.05, 0.1) is 5.01 Å². The monoisotopic (exact) mass is 273 g/mol. The molecular weight excluding hydrogens is 254 g/mol. The van der Waals surface area contributed by atoms with E-state index < -0.39 is 0 Å². The first-order chi connectivity index (χ1) is 9.31. The zero-order valence-electron chi connectivity index (χ0n) is 11.2. The van der Waals surface area contributed by atoms with E-state index in [1.54, 1.807) is 11.3 Å². The largest absolute Gasteiger partial charge is 0.384 e. The zero-order chi connectivity index (χ0) is 13.1. The average Bonchev–Trinajstić information content (AvgIpc) is 3.03. The van der Waals surface area contributed by atoms with Crippen LogP contribution in [0, 0.1) is 6.92 Å². The summed E-state index contributed by atoms with van der Waals surface area (Å²) in [6, 6.07) is 6.72. The summed E-state index contributed by atoms with van der Waals surface area (Å²) in [7, 11) is 0. The number of aryl methyl sites for hydroxylation is 1. The van der Waals surface area contributed by atoms with Gasteiger partial charge in [0.15, 0.2) is 0 Å². The minimum Gasteiger partial charge on any atom is -0.384 e. The van der Waals surface area contributed by atoms with Crippen molar-refractivity contribution in [2.75, 3.05) is 18.4 Å². The molecule has 0 fully saturated rings. The van der Waals surface area contributed by atoms with Crippen LogP contribution in [0.1, 0.15) is 21.8 Å². The standard InChI is InChI=1S/C15H19N3S/c1-11-10-19-15(18-11)5-6-16-9-12-2-3-14-13(8-12)4-7-17-14/h2-3,8,10,16-17H,4-7,9H2,1H3. The van der Waals surface area contributed by atoms with Crippen LogP contribution in [0.25, 0.3) is 0 Å². The van der Waals surface area contributed by atoms with Gasteiger partial charge in [-0.1, -0.05) is 12.1 Å². The van der Waals surface area contributed by atoms with Crippen molar-refractivity contribution in [3.63, 3.8) is 0 Å². The average molecular weight is 273 g/mol. The van der Waals surface area contributed by atoms with Crippen molar-refractivity contribution in [1.29, 1.82) is 0 Å². The molecule has 3 rings (SSSR count). The van der Waals surface area contributed by atoms with E-state index in [2.05, 4.69) is 39.2 Å². The fourth-order valence-electron chi connectivity index (χ4n) is 2.41. The summed E-state index contributed by atoms with van der Waals surface area (Å²) in [6.45, 7) is 5.06. The van der Waals surface area contributed by atoms with Gasteiger partial charge in [-0.25, -0.2) is 4.98 Å². The molecule has 0 aliphatic carbocycles. The van der Waals surface area contributed by atoms with E-state index in [4.69, 9.17) is 0 Å². The highest BCUT2D eigenvalue weighted by molar-refractivity contribution is 7.09. The molecule has 0 bridgehead atoms. The number of benzene rings is 1. The Morgan fingerprint density at radius 1 is 1.42 bits per heavy atom. The molecule has 1 aliphatic heterocycles. The summed E-state index contributed by atoms with van der Waals surface area (Å²) >= 11 is 1.75. The van der Waals surface area contributed by atoms with Crippen molar-refractivity contribution in [3.8, 4) is 0 Å². The van der Waals surface area contributed by atoms with Gasteiger partial charge in [0.1, 0.15) is 0 Å². The molecule has 0 unspecified atom stereocenters. The molecule has 1 aromatic carbocycles. The van der Waals surface area contributed by atoms with Crippen LogP contribution in [0.5, 0.6) is 0 Å². The number of nitrogens with one attached hydrogen (secondary N) is 2. The van der Waals surface area contributed by atoms with Crippen molar-refractivity contribution in [2.24, 2.45) is 0 Å². The van der Waals surface area contributed by atoms with Crippen LogP contribution in [0.4, 0.5) is 5.69 Å². The van der Waals surface area contributed by atoms with E-state index in [1.165, 1.54) is 21.8 Å². The van der Waals surface area contributed by atoms with Crippen molar-refractivity contribution in [3.05, 3.63) is 45.4 Å². The number of fused-ring (bicyclic) bond motifs is 1. The highest BCUT2D eigenvalue weighted by Gasteiger charge is 2.09. The molecule has 0 amide bonds. The van der Waals surface area contributed by atoms with Crippen molar-refractivity contribution in [1.82, 2.24) is 10.3 Å². The number of thiazole rings is 1. The SMILES string of the molecule is Cc1csc(CCNCc2ccc3c(c2)CCN3)n1. The Morgan fingerprint density at radius 3 is 3.21 bits per heavy atom. The van der Waals surface area contributed by atoms with Crippen LogP contribution in [0.2, 0.25) is 0 Å². The molecule has 1 aliphatic rings. The summed E-state index contributed by atoms with van der Waals surface area (Å²) in [4.78, 5) is 4.47. The maximum Gasteiger partial charge on any atom is 0.0940 e. The molecule has 3 nitrogen and oxygen atoms in total. The van der Waals surface area contributed by atoms with Gasteiger partial charge in [0.25, 0.3) is 0 Å². The van der Waals surface area contributed by atoms with Gasteiger partial charge in [-0.2, -0.15) is 0 Å². The Kier molecular flexibility index (Phi) is 3.80. The molecule has 0 spiro atoms. The second-order valence-corrected chi connectivity index (χ2v) is 5.92. The molecule has 0 radical (unpaired) electrons. The minimum atomic E-state index is 0.942. The van der Waals surface area contributed by atoms with E-state index in [-0.39, 0.29) is 0 Å². The highest BCUT2D eigenvalue weighted by Crippen LogP contribution is 2.22. The highest BCUT2D eigenvalue weighted by atomic mass is 32.1.